The second kappa shape index (κ2) is 10.2. The molecule has 0 saturated carbocycles. The quantitative estimate of drug-likeness (QED) is 0.394. The van der Waals surface area contributed by atoms with Gasteiger partial charge < -0.3 is 24.3 Å². The molecule has 0 aromatic heterocycles. The van der Waals surface area contributed by atoms with Crippen molar-refractivity contribution in [3.63, 3.8) is 0 Å². The topological polar surface area (TPSA) is 60.0 Å². The smallest absolute Gasteiger partial charge is 0.261 e. The van der Waals surface area contributed by atoms with Crippen LogP contribution in [-0.4, -0.2) is 39.5 Å². The van der Waals surface area contributed by atoms with Gasteiger partial charge in [-0.25, -0.2) is 0 Å². The van der Waals surface area contributed by atoms with Crippen molar-refractivity contribution in [2.24, 2.45) is 0 Å². The van der Waals surface area contributed by atoms with Crippen molar-refractivity contribution in [1.29, 1.82) is 0 Å². The van der Waals surface area contributed by atoms with E-state index in [9.17, 15) is 5.11 Å². The molecule has 2 aliphatic heterocycles. The summed E-state index contributed by atoms with van der Waals surface area (Å²) in [6.07, 6.45) is 3.62. The summed E-state index contributed by atoms with van der Waals surface area (Å²) in [5, 5.41) is 16.8. The van der Waals surface area contributed by atoms with Crippen LogP contribution >= 0.6 is 0 Å². The summed E-state index contributed by atoms with van der Waals surface area (Å²) in [5.41, 5.74) is 2.19. The second-order valence-corrected chi connectivity index (χ2v) is 14.8. The Morgan fingerprint density at radius 3 is 2.19 bits per heavy atom. The number of aliphatic hydroxyl groups excluding tert-OH is 1. The van der Waals surface area contributed by atoms with Crippen molar-refractivity contribution >= 4 is 18.7 Å². The molecule has 0 aliphatic carbocycles. The summed E-state index contributed by atoms with van der Waals surface area (Å²) in [4.78, 5) is 0. The Bertz CT molecular complexity index is 1170. The molecule has 36 heavy (non-hydrogen) atoms. The maximum absolute atomic E-state index is 11.0. The third kappa shape index (κ3) is 4.62. The van der Waals surface area contributed by atoms with Crippen LogP contribution in [0.15, 0.2) is 84.9 Å². The molecule has 2 heterocycles. The predicted molar refractivity (Wildman–Crippen MR) is 146 cm³/mol. The number of hydrogen-bond donors (Lipinski definition) is 2. The molecule has 188 valence electrons. The predicted octanol–water partition coefficient (Wildman–Crippen LogP) is 4.10. The fourth-order valence-electron chi connectivity index (χ4n) is 5.52. The fraction of sp³-hybridized carbons (Fsp3) is 0.333. The lowest BCUT2D eigenvalue weighted by Crippen LogP contribution is -2.66. The summed E-state index contributed by atoms with van der Waals surface area (Å²) in [6, 6.07) is 25.4. The summed E-state index contributed by atoms with van der Waals surface area (Å²) in [6.45, 7) is 8.75. The number of nitrogens with one attached hydrogen (secondary N) is 1. The van der Waals surface area contributed by atoms with Gasteiger partial charge in [-0.05, 0) is 38.7 Å². The standard InChI is InChI=1S/C30H35NO4Si/c1-30(2,3)36(23-11-6-4-7-12-23,24-13-8-5-9-14-24)35-16-10-15-25-26-18-29-28(33-21-34-29)17-22(26)19-31-20-27(25)32/h4-15,17-18,25,27,31-32H,16,19-21H2,1-3H3/b15-10+/t25-,27-/m1/s1. The van der Waals surface area contributed by atoms with E-state index >= 15 is 0 Å². The molecular weight excluding hydrogens is 466 g/mol. The van der Waals surface area contributed by atoms with Gasteiger partial charge in [-0.2, -0.15) is 0 Å². The van der Waals surface area contributed by atoms with Gasteiger partial charge in [-0.3, -0.25) is 0 Å². The molecule has 0 spiro atoms. The summed E-state index contributed by atoms with van der Waals surface area (Å²) >= 11 is 0. The number of β-amino-alcohol motifs (C(OH)–C–C–N with tert-alkyl or cyclic N) is 1. The minimum atomic E-state index is -2.61. The van der Waals surface area contributed by atoms with E-state index in [1.807, 2.05) is 12.1 Å². The number of hydrogen-bond acceptors (Lipinski definition) is 5. The van der Waals surface area contributed by atoms with Gasteiger partial charge in [-0.15, -0.1) is 0 Å². The molecule has 5 rings (SSSR count). The molecule has 0 bridgehead atoms. The zero-order valence-corrected chi connectivity index (χ0v) is 22.2. The highest BCUT2D eigenvalue weighted by Gasteiger charge is 2.49. The highest BCUT2D eigenvalue weighted by molar-refractivity contribution is 6.99. The van der Waals surface area contributed by atoms with Crippen molar-refractivity contribution in [3.8, 4) is 11.5 Å². The first-order valence-corrected chi connectivity index (χ1v) is 14.5. The first-order valence-electron chi connectivity index (χ1n) is 12.6. The number of ether oxygens (including phenoxy) is 2. The van der Waals surface area contributed by atoms with Gasteiger partial charge in [-0.1, -0.05) is 93.6 Å². The minimum Gasteiger partial charge on any atom is -0.454 e. The van der Waals surface area contributed by atoms with Gasteiger partial charge in [0.25, 0.3) is 8.32 Å². The molecule has 0 saturated heterocycles. The first kappa shape index (κ1) is 24.8. The van der Waals surface area contributed by atoms with E-state index < -0.39 is 14.4 Å². The molecule has 5 nitrogen and oxygen atoms in total. The van der Waals surface area contributed by atoms with E-state index in [1.54, 1.807) is 0 Å². The van der Waals surface area contributed by atoms with Crippen LogP contribution in [0.5, 0.6) is 11.5 Å². The molecule has 3 aromatic carbocycles. The highest BCUT2D eigenvalue weighted by Crippen LogP contribution is 2.40. The Balaban J connectivity index is 1.46. The van der Waals surface area contributed by atoms with Gasteiger partial charge in [0.2, 0.25) is 6.79 Å². The van der Waals surface area contributed by atoms with Crippen LogP contribution in [0.25, 0.3) is 0 Å². The second-order valence-electron chi connectivity index (χ2n) is 10.5. The summed E-state index contributed by atoms with van der Waals surface area (Å²) in [7, 11) is -2.61. The van der Waals surface area contributed by atoms with Gasteiger partial charge in [0, 0.05) is 19.0 Å². The maximum atomic E-state index is 11.0. The van der Waals surface area contributed by atoms with E-state index in [2.05, 4.69) is 98.9 Å². The van der Waals surface area contributed by atoms with Gasteiger partial charge in [0.1, 0.15) is 0 Å². The van der Waals surface area contributed by atoms with Crippen molar-refractivity contribution in [2.45, 2.75) is 44.4 Å². The Morgan fingerprint density at radius 1 is 0.972 bits per heavy atom. The van der Waals surface area contributed by atoms with Gasteiger partial charge in [0.05, 0.1) is 12.7 Å². The molecular formula is C30H35NO4Si. The monoisotopic (exact) mass is 501 g/mol. The molecule has 0 radical (unpaired) electrons. The third-order valence-electron chi connectivity index (χ3n) is 7.23. The van der Waals surface area contributed by atoms with Crippen LogP contribution in [0.4, 0.5) is 0 Å². The maximum Gasteiger partial charge on any atom is 0.261 e. The zero-order chi connectivity index (χ0) is 25.2. The third-order valence-corrected chi connectivity index (χ3v) is 12.2. The number of aliphatic hydroxyl groups is 1. The van der Waals surface area contributed by atoms with Crippen LogP contribution in [0.1, 0.15) is 37.8 Å². The van der Waals surface area contributed by atoms with Crippen molar-refractivity contribution in [1.82, 2.24) is 5.32 Å². The lowest BCUT2D eigenvalue weighted by atomic mass is 9.90. The average Bonchev–Trinajstić information content (AvgIpc) is 3.27. The first-order chi connectivity index (χ1) is 17.4. The number of fused-ring (bicyclic) bond motifs is 2. The summed E-state index contributed by atoms with van der Waals surface area (Å²) < 4.78 is 18.2. The molecule has 2 N–H and O–H groups in total. The number of benzene rings is 3. The number of rotatable bonds is 6. The van der Waals surface area contributed by atoms with Crippen LogP contribution < -0.4 is 25.2 Å². The molecule has 6 heteroatoms. The highest BCUT2D eigenvalue weighted by atomic mass is 28.4. The van der Waals surface area contributed by atoms with Gasteiger partial charge >= 0.3 is 0 Å². The van der Waals surface area contributed by atoms with E-state index in [4.69, 9.17) is 13.9 Å². The van der Waals surface area contributed by atoms with Crippen LogP contribution in [0.3, 0.4) is 0 Å². The molecule has 3 aromatic rings. The van der Waals surface area contributed by atoms with Crippen molar-refractivity contribution in [3.05, 3.63) is 96.1 Å². The Hall–Kier alpha value is -2.90. The van der Waals surface area contributed by atoms with Gasteiger partial charge in [0.15, 0.2) is 11.5 Å². The molecule has 2 atom stereocenters. The SMILES string of the molecule is CC(C)(C)[Si](OC/C=C/[C@@H]1c2cc3c(cc2CNC[C@H]1O)OCO3)(c1ccccc1)c1ccccc1. The summed E-state index contributed by atoms with van der Waals surface area (Å²) in [5.74, 6) is 1.35. The largest absolute Gasteiger partial charge is 0.454 e. The Labute approximate surface area is 214 Å². The van der Waals surface area contributed by atoms with Crippen LogP contribution in [-0.2, 0) is 11.0 Å². The zero-order valence-electron chi connectivity index (χ0n) is 21.2. The molecule has 0 amide bonds. The minimum absolute atomic E-state index is 0.0835. The van der Waals surface area contributed by atoms with Crippen LogP contribution in [0.2, 0.25) is 5.04 Å². The van der Waals surface area contributed by atoms with Crippen LogP contribution in [0, 0.1) is 0 Å². The van der Waals surface area contributed by atoms with Crippen molar-refractivity contribution in [2.75, 3.05) is 19.9 Å². The van der Waals surface area contributed by atoms with Crippen molar-refractivity contribution < 1.29 is 19.0 Å². The van der Waals surface area contributed by atoms with E-state index in [0.717, 1.165) is 22.6 Å². The van der Waals surface area contributed by atoms with E-state index in [1.165, 1.54) is 10.4 Å². The van der Waals surface area contributed by atoms with E-state index in [0.29, 0.717) is 19.7 Å². The normalized spacial score (nSPS) is 19.8. The molecule has 0 fully saturated rings. The lowest BCUT2D eigenvalue weighted by molar-refractivity contribution is 0.159. The van der Waals surface area contributed by atoms with E-state index in [-0.39, 0.29) is 17.7 Å². The molecule has 2 aliphatic rings. The average molecular weight is 502 g/mol. The Morgan fingerprint density at radius 2 is 1.58 bits per heavy atom. The Kier molecular flexibility index (Phi) is 7.04. The molecule has 0 unspecified atom stereocenters. The fourth-order valence-corrected chi connectivity index (χ4v) is 10.0. The lowest BCUT2D eigenvalue weighted by Gasteiger charge is -2.42.